The third kappa shape index (κ3) is 6.35. The second kappa shape index (κ2) is 11.5. The Balaban J connectivity index is 1.27. The first-order valence-electron chi connectivity index (χ1n) is 12.0. The lowest BCUT2D eigenvalue weighted by molar-refractivity contribution is -0.137. The molecule has 0 spiro atoms. The van der Waals surface area contributed by atoms with Gasteiger partial charge >= 0.3 is 12.2 Å². The van der Waals surface area contributed by atoms with Gasteiger partial charge in [-0.05, 0) is 24.3 Å². The summed E-state index contributed by atoms with van der Waals surface area (Å²) in [6.45, 7) is 4.04. The predicted molar refractivity (Wildman–Crippen MR) is 139 cm³/mol. The third-order valence-corrected chi connectivity index (χ3v) is 6.94. The van der Waals surface area contributed by atoms with E-state index in [2.05, 4.69) is 41.0 Å². The van der Waals surface area contributed by atoms with Gasteiger partial charge in [0.05, 0.1) is 52.2 Å². The molecule has 1 aliphatic heterocycles. The van der Waals surface area contributed by atoms with Gasteiger partial charge in [-0.25, -0.2) is 19.2 Å². The van der Waals surface area contributed by atoms with Gasteiger partial charge in [-0.15, -0.1) is 0 Å². The summed E-state index contributed by atoms with van der Waals surface area (Å²) in [5, 5.41) is 14.7. The summed E-state index contributed by atoms with van der Waals surface area (Å²) in [6, 6.07) is 2.29. The molecule has 4 aromatic rings. The minimum atomic E-state index is -4.70. The first kappa shape index (κ1) is 27.4. The fraction of sp³-hybridized carbons (Fsp3) is 0.292. The Hall–Kier alpha value is -4.15. The molecular formula is C24H22F4N8O3S. The van der Waals surface area contributed by atoms with E-state index in [0.29, 0.717) is 71.7 Å². The van der Waals surface area contributed by atoms with E-state index in [1.165, 1.54) is 12.4 Å². The molecule has 0 atom stereocenters. The Morgan fingerprint density at radius 1 is 1.12 bits per heavy atom. The highest BCUT2D eigenvalue weighted by molar-refractivity contribution is 7.19. The Morgan fingerprint density at radius 2 is 1.93 bits per heavy atom. The number of aromatic amines is 1. The number of carbonyl (C=O) groups is 2. The lowest BCUT2D eigenvalue weighted by Gasteiger charge is -2.26. The molecule has 11 nitrogen and oxygen atoms in total. The van der Waals surface area contributed by atoms with E-state index >= 15 is 0 Å². The van der Waals surface area contributed by atoms with Crippen LogP contribution in [-0.2, 0) is 10.9 Å². The number of carbonyl (C=O) groups excluding carboxylic acids is 2. The molecule has 1 fully saturated rings. The number of alkyl halides is 3. The number of ether oxygens (including phenoxy) is 1. The van der Waals surface area contributed by atoms with Crippen LogP contribution in [0.15, 0.2) is 36.7 Å². The second-order valence-corrected chi connectivity index (χ2v) is 9.73. The van der Waals surface area contributed by atoms with Gasteiger partial charge < -0.3 is 15.4 Å². The van der Waals surface area contributed by atoms with Crippen molar-refractivity contribution in [2.24, 2.45) is 0 Å². The lowest BCUT2D eigenvalue weighted by Crippen LogP contribution is -2.41. The van der Waals surface area contributed by atoms with Gasteiger partial charge in [0, 0.05) is 32.4 Å². The fourth-order valence-electron chi connectivity index (χ4n) is 3.99. The van der Waals surface area contributed by atoms with E-state index < -0.39 is 29.3 Å². The van der Waals surface area contributed by atoms with Crippen molar-refractivity contribution in [1.82, 2.24) is 30.4 Å². The number of hydrogen-bond acceptors (Lipinski definition) is 8. The number of thiazole rings is 1. The maximum Gasteiger partial charge on any atom is 0.416 e. The van der Waals surface area contributed by atoms with Crippen LogP contribution in [0.2, 0.25) is 0 Å². The number of halogens is 4. The number of H-pyrrole nitrogens is 1. The molecule has 0 unspecified atom stereocenters. The van der Waals surface area contributed by atoms with Crippen LogP contribution < -0.4 is 16.0 Å². The van der Waals surface area contributed by atoms with E-state index in [9.17, 15) is 27.2 Å². The van der Waals surface area contributed by atoms with E-state index in [4.69, 9.17) is 4.74 Å². The lowest BCUT2D eigenvalue weighted by atomic mass is 10.1. The smallest absolute Gasteiger partial charge is 0.379 e. The average molecular weight is 579 g/mol. The zero-order chi connectivity index (χ0) is 28.3. The molecule has 0 saturated carbocycles. The molecule has 0 bridgehead atoms. The zero-order valence-corrected chi connectivity index (χ0v) is 21.5. The summed E-state index contributed by atoms with van der Waals surface area (Å²) in [4.78, 5) is 36.6. The van der Waals surface area contributed by atoms with Crippen molar-refractivity contribution in [2.75, 3.05) is 50.0 Å². The Bertz CT molecular complexity index is 1530. The SMILES string of the molecule is O=C(Nc1ncc(-c2cc(C(=O)NCCN3CCOCC3)c3cn[nH]c3n2)s1)Nc1cc(C(F)(F)F)ccc1F. The van der Waals surface area contributed by atoms with E-state index in [1.54, 1.807) is 6.07 Å². The highest BCUT2D eigenvalue weighted by atomic mass is 32.1. The van der Waals surface area contributed by atoms with Crippen molar-refractivity contribution in [3.05, 3.63) is 53.6 Å². The van der Waals surface area contributed by atoms with Crippen LogP contribution in [0.5, 0.6) is 0 Å². The fourth-order valence-corrected chi connectivity index (χ4v) is 4.76. The Kier molecular flexibility index (Phi) is 7.90. The van der Waals surface area contributed by atoms with Crippen molar-refractivity contribution in [3.63, 3.8) is 0 Å². The monoisotopic (exact) mass is 578 g/mol. The molecule has 4 heterocycles. The number of benzene rings is 1. The molecular weight excluding hydrogens is 556 g/mol. The summed E-state index contributed by atoms with van der Waals surface area (Å²) in [5.41, 5.74) is -0.653. The molecule has 4 N–H and O–H groups in total. The molecule has 0 aliphatic carbocycles. The average Bonchev–Trinajstić information content (AvgIpc) is 3.59. The van der Waals surface area contributed by atoms with Crippen LogP contribution in [0.1, 0.15) is 15.9 Å². The highest BCUT2D eigenvalue weighted by Gasteiger charge is 2.31. The van der Waals surface area contributed by atoms with Gasteiger partial charge in [0.2, 0.25) is 0 Å². The molecule has 1 saturated heterocycles. The van der Waals surface area contributed by atoms with E-state index in [0.717, 1.165) is 24.4 Å². The summed E-state index contributed by atoms with van der Waals surface area (Å²) in [6.07, 6.45) is -1.79. The van der Waals surface area contributed by atoms with Crippen molar-refractivity contribution < 1.29 is 31.9 Å². The number of amides is 3. The first-order valence-corrected chi connectivity index (χ1v) is 12.8. The number of anilines is 2. The van der Waals surface area contributed by atoms with Gasteiger partial charge in [-0.2, -0.15) is 18.3 Å². The Morgan fingerprint density at radius 3 is 2.70 bits per heavy atom. The summed E-state index contributed by atoms with van der Waals surface area (Å²) < 4.78 is 58.1. The molecule has 210 valence electrons. The minimum Gasteiger partial charge on any atom is -0.379 e. The van der Waals surface area contributed by atoms with Crippen LogP contribution in [0.3, 0.4) is 0 Å². The maximum absolute atomic E-state index is 14.0. The normalized spacial score (nSPS) is 14.3. The summed E-state index contributed by atoms with van der Waals surface area (Å²) >= 11 is 1.00. The van der Waals surface area contributed by atoms with Crippen molar-refractivity contribution in [2.45, 2.75) is 6.18 Å². The molecule has 1 aromatic carbocycles. The number of pyridine rings is 1. The van der Waals surface area contributed by atoms with Crippen molar-refractivity contribution in [1.29, 1.82) is 0 Å². The van der Waals surface area contributed by atoms with Gasteiger partial charge in [0.25, 0.3) is 5.91 Å². The standard InChI is InChI=1S/C24H22F4N8O3S/c25-16-2-1-13(24(26,27)28)9-17(16)33-22(38)34-23-30-12-19(40-23)18-10-14(15-11-31-35-20(15)32-18)21(37)29-3-4-36-5-7-39-8-6-36/h1-2,9-12H,3-8H2,(H,29,37)(H,31,32,35)(H2,30,33,34,38). The van der Waals surface area contributed by atoms with E-state index in [-0.39, 0.29) is 11.0 Å². The number of urea groups is 1. The molecule has 16 heteroatoms. The number of aromatic nitrogens is 4. The van der Waals surface area contributed by atoms with Gasteiger partial charge in [0.1, 0.15) is 5.82 Å². The van der Waals surface area contributed by atoms with Crippen LogP contribution in [-0.4, -0.2) is 76.4 Å². The van der Waals surface area contributed by atoms with Gasteiger partial charge in [0.15, 0.2) is 10.8 Å². The Labute approximate surface area is 227 Å². The quantitative estimate of drug-likeness (QED) is 0.244. The number of nitrogens with one attached hydrogen (secondary N) is 4. The van der Waals surface area contributed by atoms with Gasteiger partial charge in [-0.1, -0.05) is 11.3 Å². The predicted octanol–water partition coefficient (Wildman–Crippen LogP) is 3.95. The third-order valence-electron chi connectivity index (χ3n) is 6.01. The van der Waals surface area contributed by atoms with Crippen molar-refractivity contribution >= 4 is 45.1 Å². The zero-order valence-electron chi connectivity index (χ0n) is 20.6. The number of morpholine rings is 1. The second-order valence-electron chi connectivity index (χ2n) is 8.70. The van der Waals surface area contributed by atoms with E-state index in [1.807, 2.05) is 0 Å². The number of hydrogen-bond donors (Lipinski definition) is 4. The van der Waals surface area contributed by atoms with Crippen LogP contribution in [0.25, 0.3) is 21.6 Å². The maximum atomic E-state index is 14.0. The van der Waals surface area contributed by atoms with Crippen LogP contribution in [0, 0.1) is 5.82 Å². The number of rotatable bonds is 7. The number of fused-ring (bicyclic) bond motifs is 1. The largest absolute Gasteiger partial charge is 0.416 e. The van der Waals surface area contributed by atoms with Crippen LogP contribution >= 0.6 is 11.3 Å². The van der Waals surface area contributed by atoms with Crippen LogP contribution in [0.4, 0.5) is 33.2 Å². The minimum absolute atomic E-state index is 0.0721. The topological polar surface area (TPSA) is 137 Å². The molecule has 3 aromatic heterocycles. The first-order chi connectivity index (χ1) is 19.2. The number of nitrogens with zero attached hydrogens (tertiary/aromatic N) is 4. The molecule has 0 radical (unpaired) electrons. The highest BCUT2D eigenvalue weighted by Crippen LogP contribution is 2.33. The molecule has 1 aliphatic rings. The molecule has 40 heavy (non-hydrogen) atoms. The summed E-state index contributed by atoms with van der Waals surface area (Å²) in [5.74, 6) is -1.34. The molecule has 5 rings (SSSR count). The van der Waals surface area contributed by atoms with Gasteiger partial charge in [-0.3, -0.25) is 20.1 Å². The molecule has 3 amide bonds. The summed E-state index contributed by atoms with van der Waals surface area (Å²) in [7, 11) is 0. The van der Waals surface area contributed by atoms with Crippen molar-refractivity contribution in [3.8, 4) is 10.6 Å².